The average molecular weight is 1050 g/mol. The molecule has 358 valence electrons. The number of nitrogens with two attached hydrogens (primary N) is 3. The number of aromatic nitrogens is 16. The van der Waals surface area contributed by atoms with Crippen LogP contribution in [0.25, 0.3) is 22.3 Å². The zero-order chi connectivity index (χ0) is 50.1. The van der Waals surface area contributed by atoms with Crippen molar-refractivity contribution in [3.8, 4) is 0 Å². The SMILES string of the molecule is CC(C)(C)OC(=O)Nc1nsnc1C(=O)O.Cc1nsnc1NC(=O)OC(C)(C)C.Nc1nsnc1C(=O)O.Nc1nsnc1N.O=c1[nH]c(=O)c2nsnc2[nH]1.O=c1[nH]cnc2nsnc12. The van der Waals surface area contributed by atoms with Gasteiger partial charge in [-0.25, -0.2) is 29.0 Å². The lowest BCUT2D eigenvalue weighted by Gasteiger charge is -2.19. The zero-order valence-corrected chi connectivity index (χ0v) is 40.0. The smallest absolute Gasteiger partial charge is 0.413 e. The number of H-pyrrole nitrogens is 3. The van der Waals surface area contributed by atoms with Crippen molar-refractivity contribution in [2.24, 2.45) is 0 Å². The molecule has 0 spiro atoms. The first-order chi connectivity index (χ1) is 31.3. The van der Waals surface area contributed by atoms with Crippen molar-refractivity contribution in [2.75, 3.05) is 27.8 Å². The number of hydrogen-bond acceptors (Lipinski definition) is 31. The summed E-state index contributed by atoms with van der Waals surface area (Å²) < 4.78 is 54.0. The van der Waals surface area contributed by atoms with Crippen LogP contribution in [0.5, 0.6) is 0 Å². The van der Waals surface area contributed by atoms with Crippen LogP contribution in [0.2, 0.25) is 0 Å². The van der Waals surface area contributed by atoms with Gasteiger partial charge in [-0.1, -0.05) is 0 Å². The Bertz CT molecular complexity index is 3050. The molecule has 0 atom stereocenters. The number of carboxylic acid groups (broad SMARTS) is 2. The number of fused-ring (bicyclic) bond motifs is 2. The molecule has 8 rings (SSSR count). The maximum absolute atomic E-state index is 11.3. The van der Waals surface area contributed by atoms with Crippen LogP contribution in [0.1, 0.15) is 68.2 Å². The van der Waals surface area contributed by atoms with Crippen LogP contribution in [-0.4, -0.2) is 118 Å². The Labute approximate surface area is 397 Å². The van der Waals surface area contributed by atoms with E-state index in [1.165, 1.54) is 6.33 Å². The number of nitrogen functional groups attached to an aromatic ring is 3. The molecular weight excluding hydrogens is 1010 g/mol. The summed E-state index contributed by atoms with van der Waals surface area (Å²) >= 11 is 5.43. The predicted octanol–water partition coefficient (Wildman–Crippen LogP) is 2.14. The molecule has 13 N–H and O–H groups in total. The minimum absolute atomic E-state index is 0.0208. The van der Waals surface area contributed by atoms with Gasteiger partial charge >= 0.3 is 29.8 Å². The fourth-order valence-corrected chi connectivity index (χ4v) is 6.34. The van der Waals surface area contributed by atoms with Gasteiger partial charge in [0.2, 0.25) is 11.4 Å². The van der Waals surface area contributed by atoms with Gasteiger partial charge in [0.1, 0.15) is 11.2 Å². The predicted molar refractivity (Wildman–Crippen MR) is 246 cm³/mol. The molecule has 0 saturated carbocycles. The zero-order valence-electron chi connectivity index (χ0n) is 35.1. The largest absolute Gasteiger partial charge is 0.476 e. The molecule has 0 aliphatic carbocycles. The number of aromatic carboxylic acids is 2. The van der Waals surface area contributed by atoms with Crippen LogP contribution in [0.4, 0.5) is 38.7 Å². The van der Waals surface area contributed by atoms with Crippen LogP contribution >= 0.6 is 70.4 Å². The number of carbonyl (C=O) groups excluding carboxylic acids is 2. The van der Waals surface area contributed by atoms with Gasteiger partial charge in [0.15, 0.2) is 51.4 Å². The molecule has 0 aromatic carbocycles. The molecule has 0 aliphatic heterocycles. The van der Waals surface area contributed by atoms with Gasteiger partial charge in [0, 0.05) is 0 Å². The number of hydrogen-bond donors (Lipinski definition) is 10. The van der Waals surface area contributed by atoms with Crippen molar-refractivity contribution in [1.29, 1.82) is 0 Å². The second kappa shape index (κ2) is 24.6. The lowest BCUT2D eigenvalue weighted by atomic mass is 10.2. The van der Waals surface area contributed by atoms with Gasteiger partial charge < -0.3 is 41.9 Å². The van der Waals surface area contributed by atoms with E-state index < -0.39 is 46.6 Å². The van der Waals surface area contributed by atoms with E-state index in [9.17, 15) is 33.6 Å². The maximum atomic E-state index is 11.3. The monoisotopic (exact) mass is 1050 g/mol. The molecule has 2 amide bonds. The number of carboxylic acids is 2. The second-order valence-electron chi connectivity index (χ2n) is 13.6. The summed E-state index contributed by atoms with van der Waals surface area (Å²) in [6.07, 6.45) is 0.0440. The molecule has 0 bridgehead atoms. The molecule has 0 fully saturated rings. The second-order valence-corrected chi connectivity index (χ2v) is 16.8. The summed E-state index contributed by atoms with van der Waals surface area (Å²) in [6.45, 7) is 12.3. The first-order valence-electron chi connectivity index (χ1n) is 17.5. The molecule has 0 saturated heterocycles. The Hall–Kier alpha value is -7.68. The highest BCUT2D eigenvalue weighted by Gasteiger charge is 2.22. The molecule has 8 aromatic heterocycles. The van der Waals surface area contributed by atoms with Gasteiger partial charge in [-0.2, -0.15) is 52.5 Å². The number of amides is 2. The Morgan fingerprint density at radius 1 is 0.582 bits per heavy atom. The van der Waals surface area contributed by atoms with Gasteiger partial charge in [0.25, 0.3) is 11.1 Å². The Morgan fingerprint density at radius 3 is 1.54 bits per heavy atom. The molecule has 8 aromatic rings. The average Bonchev–Trinajstić information content (AvgIpc) is 4.08. The topological polar surface area (TPSA) is 495 Å². The lowest BCUT2D eigenvalue weighted by molar-refractivity contribution is 0.0623. The highest BCUT2D eigenvalue weighted by molar-refractivity contribution is 7.00. The van der Waals surface area contributed by atoms with Gasteiger partial charge in [-0.15, -0.1) is 0 Å². The van der Waals surface area contributed by atoms with E-state index in [1.807, 2.05) is 4.98 Å². The van der Waals surface area contributed by atoms with Crippen LogP contribution in [0, 0.1) is 6.92 Å². The Balaban J connectivity index is 0.000000217. The normalized spacial score (nSPS) is 10.4. The number of rotatable bonds is 4. The van der Waals surface area contributed by atoms with Gasteiger partial charge in [-0.05, 0) is 48.5 Å². The fraction of sp³-hybridized carbons (Fsp3) is 0.310. The summed E-state index contributed by atoms with van der Waals surface area (Å²) in [4.78, 5) is 86.3. The molecule has 38 heteroatoms. The number of ether oxygens (including phenoxy) is 2. The third-order valence-electron chi connectivity index (χ3n) is 6.07. The highest BCUT2D eigenvalue weighted by atomic mass is 32.1. The quantitative estimate of drug-likeness (QED) is 0.121. The van der Waals surface area contributed by atoms with E-state index in [0.717, 1.165) is 58.6 Å². The number of aromatic amines is 3. The fourth-order valence-electron chi connectivity index (χ4n) is 3.45. The van der Waals surface area contributed by atoms with E-state index in [4.69, 9.17) is 36.9 Å². The van der Waals surface area contributed by atoms with Gasteiger partial charge in [-0.3, -0.25) is 30.2 Å². The van der Waals surface area contributed by atoms with Crippen molar-refractivity contribution in [1.82, 2.24) is 72.4 Å². The van der Waals surface area contributed by atoms with Crippen LogP contribution in [0.15, 0.2) is 20.7 Å². The molecule has 0 unspecified atom stereocenters. The summed E-state index contributed by atoms with van der Waals surface area (Å²) in [5.74, 6) is -1.40. The number of anilines is 5. The third kappa shape index (κ3) is 18.4. The summed E-state index contributed by atoms with van der Waals surface area (Å²) in [5.41, 5.74) is 14.3. The molecule has 67 heavy (non-hydrogen) atoms. The minimum Gasteiger partial charge on any atom is -0.476 e. The van der Waals surface area contributed by atoms with E-state index in [2.05, 4.69) is 78.1 Å². The van der Waals surface area contributed by atoms with E-state index >= 15 is 0 Å². The first kappa shape index (κ1) is 53.7. The maximum Gasteiger partial charge on any atom is 0.413 e. The van der Waals surface area contributed by atoms with Crippen molar-refractivity contribution >= 4 is 146 Å². The van der Waals surface area contributed by atoms with E-state index in [0.29, 0.717) is 46.0 Å². The molecule has 32 nitrogen and oxygen atoms in total. The summed E-state index contributed by atoms with van der Waals surface area (Å²) in [7, 11) is 0. The first-order valence-corrected chi connectivity index (χ1v) is 21.8. The number of nitrogens with one attached hydrogen (secondary N) is 5. The Morgan fingerprint density at radius 2 is 1.06 bits per heavy atom. The van der Waals surface area contributed by atoms with Crippen molar-refractivity contribution in [2.45, 2.75) is 59.7 Å². The molecule has 8 heterocycles. The molecular formula is C29H35N21O11S6. The van der Waals surface area contributed by atoms with Crippen LogP contribution in [-0.2, 0) is 9.47 Å². The summed E-state index contributed by atoms with van der Waals surface area (Å²) in [5, 5.41) is 21.7. The molecule has 0 aliphatic rings. The van der Waals surface area contributed by atoms with Crippen molar-refractivity contribution in [3.05, 3.63) is 54.6 Å². The van der Waals surface area contributed by atoms with E-state index in [1.54, 1.807) is 48.5 Å². The van der Waals surface area contributed by atoms with Crippen LogP contribution in [0.3, 0.4) is 0 Å². The standard InChI is InChI=1S/C8H11N3O4S.C8H13N3O2S.C4H2N4O2S.C4H2N4OS.C3H3N3O2S.C2H4N4S/c1-8(2,3)15-7(14)9-5-4(6(12)13)10-16-11-5;1-5-6(11-14-10-5)9-7(12)13-8(2,3)4;9-3-1-2(8-11-7-1)5-4(10)6-3;9-4-2-3(5-1-6-4)8-10-7-2;4-2-1(3(7)8)5-9-6-2;3-1-2(4)6-7-5-1/h1-3H3,(H,12,13)(H,9,11,14);1-4H3,(H,9,11,12);(H2,5,6,8,9,10);1H,(H,5,6,8,9);(H2,4,6)(H,7,8);(H2,3,5)(H2,4,6). The number of nitrogens with zero attached hydrogens (tertiary/aromatic N) is 13. The van der Waals surface area contributed by atoms with Crippen molar-refractivity contribution in [3.63, 3.8) is 0 Å². The highest BCUT2D eigenvalue weighted by Crippen LogP contribution is 2.16. The van der Waals surface area contributed by atoms with Crippen molar-refractivity contribution < 1.29 is 38.9 Å². The minimum atomic E-state index is -1.25. The Kier molecular flexibility index (Phi) is 19.7. The lowest BCUT2D eigenvalue weighted by Crippen LogP contribution is -2.27. The number of aryl methyl sites for hydroxylation is 1. The third-order valence-corrected chi connectivity index (χ3v) is 9.37. The number of carbonyl (C=O) groups is 4. The summed E-state index contributed by atoms with van der Waals surface area (Å²) in [6, 6.07) is 0. The molecule has 0 radical (unpaired) electrons. The van der Waals surface area contributed by atoms with Crippen LogP contribution < -0.4 is 44.6 Å². The van der Waals surface area contributed by atoms with Gasteiger partial charge in [0.05, 0.1) is 82.4 Å². The van der Waals surface area contributed by atoms with E-state index in [-0.39, 0.29) is 39.7 Å².